The SMILES string of the molecule is ClCCl.[CH3-].[CH3-].[Cl-].[Cl-].[Fe+2].[Pd+2].c1ccc(P(c2ccccc2)C2CCCC2)cc1.c1ccc(P(c2ccccc2)C2CCCC2)cc1. The second-order valence-electron chi connectivity index (χ2n) is 10.1. The molecular formula is C37H46Cl4FeP2Pd. The van der Waals surface area contributed by atoms with Crippen LogP contribution in [0.2, 0.25) is 0 Å². The van der Waals surface area contributed by atoms with Crippen LogP contribution >= 0.6 is 39.0 Å². The zero-order chi connectivity index (χ0) is 27.1. The number of hydrogen-bond acceptors (Lipinski definition) is 0. The Morgan fingerprint density at radius 1 is 0.444 bits per heavy atom. The van der Waals surface area contributed by atoms with Gasteiger partial charge >= 0.3 is 37.5 Å². The summed E-state index contributed by atoms with van der Waals surface area (Å²) in [6, 6.07) is 44.5. The largest absolute Gasteiger partial charge is 2.00 e. The van der Waals surface area contributed by atoms with E-state index in [1.165, 1.54) is 51.4 Å². The Hall–Kier alpha value is 0.0818. The van der Waals surface area contributed by atoms with E-state index in [2.05, 4.69) is 121 Å². The molecule has 0 unspecified atom stereocenters. The Bertz CT molecular complexity index is 1010. The predicted molar refractivity (Wildman–Crippen MR) is 192 cm³/mol. The van der Waals surface area contributed by atoms with Crippen molar-refractivity contribution in [2.75, 3.05) is 5.34 Å². The summed E-state index contributed by atoms with van der Waals surface area (Å²) in [5.41, 5.74) is 1.79. The Kier molecular flexibility index (Phi) is 31.9. The normalized spacial score (nSPS) is 13.4. The molecule has 0 spiro atoms. The molecule has 2 aliphatic carbocycles. The Morgan fingerprint density at radius 3 is 0.800 bits per heavy atom. The van der Waals surface area contributed by atoms with Crippen LogP contribution < -0.4 is 46.0 Å². The van der Waals surface area contributed by atoms with E-state index in [1.807, 2.05) is 0 Å². The Morgan fingerprint density at radius 2 is 0.622 bits per heavy atom. The number of benzene rings is 4. The first-order chi connectivity index (χ1) is 19.3. The monoisotopic (exact) mass is 854 g/mol. The summed E-state index contributed by atoms with van der Waals surface area (Å²) in [5.74, 6) is 0. The van der Waals surface area contributed by atoms with Gasteiger partial charge in [-0.05, 0) is 74.1 Å². The molecule has 0 saturated heterocycles. The van der Waals surface area contributed by atoms with Gasteiger partial charge in [0.15, 0.2) is 0 Å². The van der Waals surface area contributed by atoms with Gasteiger partial charge in [-0.3, -0.25) is 0 Å². The molecule has 0 atom stereocenters. The molecule has 2 aliphatic rings. The van der Waals surface area contributed by atoms with Gasteiger partial charge in [0.05, 0.1) is 5.34 Å². The minimum Gasteiger partial charge on any atom is -1.00 e. The van der Waals surface area contributed by atoms with Gasteiger partial charge < -0.3 is 39.7 Å². The summed E-state index contributed by atoms with van der Waals surface area (Å²) in [5, 5.41) is 6.38. The van der Waals surface area contributed by atoms with E-state index in [0.717, 1.165) is 11.3 Å². The van der Waals surface area contributed by atoms with Crippen molar-refractivity contribution in [3.05, 3.63) is 136 Å². The number of rotatable bonds is 6. The summed E-state index contributed by atoms with van der Waals surface area (Å²) in [6.45, 7) is 0. The van der Waals surface area contributed by atoms with Gasteiger partial charge in [-0.25, -0.2) is 0 Å². The molecule has 250 valence electrons. The number of halogens is 4. The van der Waals surface area contributed by atoms with Crippen LogP contribution in [0, 0.1) is 14.9 Å². The molecule has 0 N–H and O–H groups in total. The van der Waals surface area contributed by atoms with Gasteiger partial charge in [-0.15, -0.1) is 23.2 Å². The van der Waals surface area contributed by atoms with E-state index < -0.39 is 0 Å². The standard InChI is InChI=1S/2C17H19P.CH2Cl2.2CH3.2ClH.Fe.Pd/c2*1-3-9-15(10-4-1)18(17-13-7-8-14-17)16-11-5-2-6-12-16;2-1-3;;;;;;/h2*1-6,9-12,17H,7-8,13-14H2;1H2;2*1H3;2*1H;;/q;;;2*-1;;;2*+2/p-2. The van der Waals surface area contributed by atoms with Gasteiger partial charge in [0.2, 0.25) is 0 Å². The maximum atomic E-state index is 4.76. The third-order valence-electron chi connectivity index (χ3n) is 7.52. The first-order valence-electron chi connectivity index (χ1n) is 14.2. The van der Waals surface area contributed by atoms with Crippen molar-refractivity contribution < 1.29 is 62.3 Å². The molecule has 0 aromatic heterocycles. The molecule has 0 aliphatic heterocycles. The fraction of sp³-hybridized carbons (Fsp3) is 0.297. The molecule has 45 heavy (non-hydrogen) atoms. The second-order valence-corrected chi connectivity index (χ2v) is 15.9. The van der Waals surface area contributed by atoms with Crippen LogP contribution in [0.5, 0.6) is 0 Å². The van der Waals surface area contributed by atoms with Crippen LogP contribution in [0.15, 0.2) is 121 Å². The fourth-order valence-corrected chi connectivity index (χ4v) is 11.8. The minimum atomic E-state index is -0.152. The molecular weight excluding hydrogens is 810 g/mol. The average Bonchev–Trinajstić information content (AvgIpc) is 3.72. The average molecular weight is 857 g/mol. The van der Waals surface area contributed by atoms with Crippen molar-refractivity contribution in [2.24, 2.45) is 0 Å². The molecule has 2 saturated carbocycles. The molecule has 4 aromatic rings. The second kappa shape index (κ2) is 29.0. The van der Waals surface area contributed by atoms with Crippen LogP contribution in [0.25, 0.3) is 0 Å². The van der Waals surface area contributed by atoms with E-state index >= 15 is 0 Å². The van der Waals surface area contributed by atoms with Gasteiger partial charge in [0.1, 0.15) is 0 Å². The van der Waals surface area contributed by atoms with Crippen LogP contribution in [-0.2, 0) is 37.5 Å². The first kappa shape index (κ1) is 49.5. The van der Waals surface area contributed by atoms with E-state index in [-0.39, 0.29) is 98.3 Å². The van der Waals surface area contributed by atoms with Gasteiger partial charge in [0, 0.05) is 0 Å². The predicted octanol–water partition coefficient (Wildman–Crippen LogP) is 4.45. The molecule has 4 aromatic carbocycles. The summed E-state index contributed by atoms with van der Waals surface area (Å²) in [7, 11) is -0.304. The smallest absolute Gasteiger partial charge is 1.00 e. The van der Waals surface area contributed by atoms with Gasteiger partial charge in [-0.1, -0.05) is 147 Å². The maximum absolute atomic E-state index is 4.76. The fourth-order valence-electron chi connectivity index (χ4n) is 5.82. The van der Waals surface area contributed by atoms with Crippen molar-refractivity contribution in [1.29, 1.82) is 0 Å². The number of hydrogen-bond donors (Lipinski definition) is 0. The maximum Gasteiger partial charge on any atom is 2.00 e. The third kappa shape index (κ3) is 15.9. The van der Waals surface area contributed by atoms with Gasteiger partial charge in [0.25, 0.3) is 0 Å². The summed E-state index contributed by atoms with van der Waals surface area (Å²) in [4.78, 5) is 0. The van der Waals surface area contributed by atoms with Crippen molar-refractivity contribution in [2.45, 2.75) is 62.7 Å². The van der Waals surface area contributed by atoms with E-state index in [1.54, 1.807) is 21.2 Å². The summed E-state index contributed by atoms with van der Waals surface area (Å²) in [6.07, 6.45) is 11.3. The van der Waals surface area contributed by atoms with Crippen molar-refractivity contribution in [3.8, 4) is 0 Å². The van der Waals surface area contributed by atoms with Crippen LogP contribution in [0.1, 0.15) is 51.4 Å². The minimum absolute atomic E-state index is 0. The van der Waals surface area contributed by atoms with E-state index in [4.69, 9.17) is 23.2 Å². The van der Waals surface area contributed by atoms with E-state index in [9.17, 15) is 0 Å². The molecule has 2 fully saturated rings. The van der Waals surface area contributed by atoms with Gasteiger partial charge in [-0.2, -0.15) is 0 Å². The number of alkyl halides is 2. The van der Waals surface area contributed by atoms with Crippen LogP contribution in [0.4, 0.5) is 0 Å². The molecule has 0 nitrogen and oxygen atoms in total. The van der Waals surface area contributed by atoms with Crippen molar-refractivity contribution >= 4 is 60.3 Å². The summed E-state index contributed by atoms with van der Waals surface area (Å²) < 4.78 is 0. The summed E-state index contributed by atoms with van der Waals surface area (Å²) >= 11 is 9.53. The molecule has 8 heteroatoms. The Labute approximate surface area is 324 Å². The molecule has 0 amide bonds. The Balaban J connectivity index is -0.000000642. The zero-order valence-electron chi connectivity index (χ0n) is 26.1. The van der Waals surface area contributed by atoms with E-state index in [0.29, 0.717) is 0 Å². The zero-order valence-corrected chi connectivity index (χ0v) is 33.6. The quantitative estimate of drug-likeness (QED) is 0.117. The van der Waals surface area contributed by atoms with Crippen molar-refractivity contribution in [3.63, 3.8) is 0 Å². The third-order valence-corrected chi connectivity index (χ3v) is 13.4. The molecule has 0 radical (unpaired) electrons. The van der Waals surface area contributed by atoms with Crippen LogP contribution in [-0.4, -0.2) is 16.7 Å². The molecule has 0 heterocycles. The van der Waals surface area contributed by atoms with Crippen molar-refractivity contribution in [1.82, 2.24) is 0 Å². The molecule has 6 rings (SSSR count). The molecule has 0 bridgehead atoms. The topological polar surface area (TPSA) is 0 Å². The first-order valence-corrected chi connectivity index (χ1v) is 18.1. The van der Waals surface area contributed by atoms with Crippen LogP contribution in [0.3, 0.4) is 0 Å².